The van der Waals surface area contributed by atoms with Crippen LogP contribution in [0.2, 0.25) is 0 Å². The number of rotatable bonds is 11. The van der Waals surface area contributed by atoms with Crippen molar-refractivity contribution >= 4 is 5.91 Å². The lowest BCUT2D eigenvalue weighted by Gasteiger charge is -2.27. The summed E-state index contributed by atoms with van der Waals surface area (Å²) in [5, 5.41) is 3.16. The highest BCUT2D eigenvalue weighted by atomic mass is 16.5. The molecular weight excluding hydrogens is 220 g/mol. The molecule has 0 aliphatic rings. The molecule has 17 heavy (non-hydrogen) atoms. The van der Waals surface area contributed by atoms with Gasteiger partial charge >= 0.3 is 0 Å². The highest BCUT2D eigenvalue weighted by Crippen LogP contribution is 2.09. The molecule has 0 radical (unpaired) electrons. The fraction of sp³-hybridized carbons (Fsp3) is 0.917. The largest absolute Gasteiger partial charge is 0.379 e. The molecular formula is C12H26N2O3. The number of carbonyl (C=O) groups is 1. The summed E-state index contributed by atoms with van der Waals surface area (Å²) in [6.45, 7) is 8.92. The fourth-order valence-corrected chi connectivity index (χ4v) is 1.34. The second-order valence-corrected chi connectivity index (χ2v) is 4.18. The van der Waals surface area contributed by atoms with E-state index in [0.717, 1.165) is 13.0 Å². The van der Waals surface area contributed by atoms with Gasteiger partial charge in [-0.15, -0.1) is 0 Å². The monoisotopic (exact) mass is 246 g/mol. The van der Waals surface area contributed by atoms with Crippen molar-refractivity contribution in [3.63, 3.8) is 0 Å². The highest BCUT2D eigenvalue weighted by molar-refractivity contribution is 5.84. The number of primary amides is 1. The van der Waals surface area contributed by atoms with Crippen LogP contribution in [0.4, 0.5) is 0 Å². The maximum atomic E-state index is 11.4. The first-order valence-electron chi connectivity index (χ1n) is 6.27. The van der Waals surface area contributed by atoms with E-state index in [0.29, 0.717) is 32.8 Å². The number of nitrogens with one attached hydrogen (secondary N) is 1. The maximum Gasteiger partial charge on any atom is 0.237 e. The van der Waals surface area contributed by atoms with Gasteiger partial charge in [0.1, 0.15) is 0 Å². The third-order valence-corrected chi connectivity index (χ3v) is 2.63. The van der Waals surface area contributed by atoms with Gasteiger partial charge in [0.25, 0.3) is 0 Å². The first kappa shape index (κ1) is 16.4. The number of nitrogens with two attached hydrogens (primary N) is 1. The summed E-state index contributed by atoms with van der Waals surface area (Å²) in [5.74, 6) is -0.334. The maximum absolute atomic E-state index is 11.4. The molecule has 0 aliphatic heterocycles. The van der Waals surface area contributed by atoms with Crippen LogP contribution in [0.15, 0.2) is 0 Å². The summed E-state index contributed by atoms with van der Waals surface area (Å²) in [6, 6.07) is 0. The molecule has 0 bridgehead atoms. The van der Waals surface area contributed by atoms with Crippen molar-refractivity contribution in [2.75, 3.05) is 33.0 Å². The second-order valence-electron chi connectivity index (χ2n) is 4.18. The predicted octanol–water partition coefficient (Wildman–Crippen LogP) is 0.673. The number of amides is 1. The lowest BCUT2D eigenvalue weighted by molar-refractivity contribution is -0.124. The highest BCUT2D eigenvalue weighted by Gasteiger charge is 2.29. The Hall–Kier alpha value is -0.650. The zero-order valence-corrected chi connectivity index (χ0v) is 11.3. The van der Waals surface area contributed by atoms with E-state index in [1.165, 1.54) is 0 Å². The normalized spacial score (nSPS) is 14.5. The Bertz CT molecular complexity index is 212. The van der Waals surface area contributed by atoms with Gasteiger partial charge in [-0.05, 0) is 33.2 Å². The zero-order valence-electron chi connectivity index (χ0n) is 11.3. The van der Waals surface area contributed by atoms with E-state index in [1.54, 1.807) is 0 Å². The van der Waals surface area contributed by atoms with Crippen molar-refractivity contribution < 1.29 is 14.3 Å². The Morgan fingerprint density at radius 1 is 1.24 bits per heavy atom. The fourth-order valence-electron chi connectivity index (χ4n) is 1.34. The first-order chi connectivity index (χ1) is 8.06. The molecule has 1 unspecified atom stereocenters. The van der Waals surface area contributed by atoms with E-state index in [4.69, 9.17) is 15.2 Å². The SMILES string of the molecule is CCCNC(C)(CCOCCOCC)C(N)=O. The van der Waals surface area contributed by atoms with Crippen LogP contribution in [0, 0.1) is 0 Å². The second kappa shape index (κ2) is 9.39. The zero-order chi connectivity index (χ0) is 13.1. The van der Waals surface area contributed by atoms with Gasteiger partial charge in [-0.1, -0.05) is 6.92 Å². The summed E-state index contributed by atoms with van der Waals surface area (Å²) in [6.07, 6.45) is 1.54. The quantitative estimate of drug-likeness (QED) is 0.526. The molecule has 0 fully saturated rings. The van der Waals surface area contributed by atoms with E-state index in [1.807, 2.05) is 20.8 Å². The van der Waals surface area contributed by atoms with Gasteiger partial charge in [0.2, 0.25) is 5.91 Å². The van der Waals surface area contributed by atoms with Crippen LogP contribution in [-0.4, -0.2) is 44.4 Å². The molecule has 102 valence electrons. The number of ether oxygens (including phenoxy) is 2. The molecule has 1 atom stereocenters. The molecule has 0 saturated heterocycles. The number of hydrogen-bond acceptors (Lipinski definition) is 4. The summed E-state index contributed by atoms with van der Waals surface area (Å²) in [5.41, 5.74) is 4.71. The summed E-state index contributed by atoms with van der Waals surface area (Å²) in [7, 11) is 0. The predicted molar refractivity (Wildman–Crippen MR) is 67.8 cm³/mol. The van der Waals surface area contributed by atoms with Crippen LogP contribution in [0.5, 0.6) is 0 Å². The van der Waals surface area contributed by atoms with E-state index >= 15 is 0 Å². The van der Waals surface area contributed by atoms with E-state index < -0.39 is 5.54 Å². The summed E-state index contributed by atoms with van der Waals surface area (Å²) < 4.78 is 10.5. The van der Waals surface area contributed by atoms with Crippen molar-refractivity contribution in [1.82, 2.24) is 5.32 Å². The molecule has 0 aromatic rings. The molecule has 0 heterocycles. The Morgan fingerprint density at radius 3 is 2.41 bits per heavy atom. The summed E-state index contributed by atoms with van der Waals surface area (Å²) >= 11 is 0. The van der Waals surface area contributed by atoms with Crippen LogP contribution >= 0.6 is 0 Å². The lowest BCUT2D eigenvalue weighted by Crippen LogP contribution is -2.54. The summed E-state index contributed by atoms with van der Waals surface area (Å²) in [4.78, 5) is 11.4. The average molecular weight is 246 g/mol. The van der Waals surface area contributed by atoms with Gasteiger partial charge in [-0.3, -0.25) is 4.79 Å². The van der Waals surface area contributed by atoms with Crippen molar-refractivity contribution in [2.45, 2.75) is 39.2 Å². The number of hydrogen-bond donors (Lipinski definition) is 2. The Labute approximate surface area is 104 Å². The molecule has 0 spiro atoms. The molecule has 5 heteroatoms. The Balaban J connectivity index is 3.81. The first-order valence-corrected chi connectivity index (χ1v) is 6.27. The van der Waals surface area contributed by atoms with E-state index in [2.05, 4.69) is 5.32 Å². The van der Waals surface area contributed by atoms with Crippen molar-refractivity contribution in [3.05, 3.63) is 0 Å². The van der Waals surface area contributed by atoms with Gasteiger partial charge < -0.3 is 20.5 Å². The van der Waals surface area contributed by atoms with Gasteiger partial charge in [-0.2, -0.15) is 0 Å². The van der Waals surface area contributed by atoms with Gasteiger partial charge in [-0.25, -0.2) is 0 Å². The van der Waals surface area contributed by atoms with Crippen molar-refractivity contribution in [1.29, 1.82) is 0 Å². The topological polar surface area (TPSA) is 73.6 Å². The molecule has 0 aliphatic carbocycles. The average Bonchev–Trinajstić information content (AvgIpc) is 2.31. The van der Waals surface area contributed by atoms with Gasteiger partial charge in [0.05, 0.1) is 18.8 Å². The minimum absolute atomic E-state index is 0.334. The molecule has 0 rings (SSSR count). The van der Waals surface area contributed by atoms with Gasteiger partial charge in [0, 0.05) is 13.2 Å². The molecule has 1 amide bonds. The van der Waals surface area contributed by atoms with E-state index in [9.17, 15) is 4.79 Å². The van der Waals surface area contributed by atoms with E-state index in [-0.39, 0.29) is 5.91 Å². The molecule has 3 N–H and O–H groups in total. The molecule has 0 aromatic heterocycles. The van der Waals surface area contributed by atoms with Crippen molar-refractivity contribution in [2.24, 2.45) is 5.73 Å². The van der Waals surface area contributed by atoms with Gasteiger partial charge in [0.15, 0.2) is 0 Å². The molecule has 0 aromatic carbocycles. The number of carbonyl (C=O) groups excluding carboxylic acids is 1. The third kappa shape index (κ3) is 7.31. The third-order valence-electron chi connectivity index (χ3n) is 2.63. The Kier molecular flexibility index (Phi) is 9.03. The van der Waals surface area contributed by atoms with Crippen LogP contribution in [0.1, 0.15) is 33.6 Å². The van der Waals surface area contributed by atoms with Crippen LogP contribution in [0.25, 0.3) is 0 Å². The van der Waals surface area contributed by atoms with Crippen LogP contribution < -0.4 is 11.1 Å². The molecule has 0 saturated carbocycles. The lowest BCUT2D eigenvalue weighted by atomic mass is 9.97. The van der Waals surface area contributed by atoms with Crippen LogP contribution in [-0.2, 0) is 14.3 Å². The minimum Gasteiger partial charge on any atom is -0.379 e. The minimum atomic E-state index is -0.679. The smallest absolute Gasteiger partial charge is 0.237 e. The Morgan fingerprint density at radius 2 is 1.88 bits per heavy atom. The van der Waals surface area contributed by atoms with Crippen molar-refractivity contribution in [3.8, 4) is 0 Å². The standard InChI is InChI=1S/C12H26N2O3/c1-4-7-14-12(3,11(13)15)6-8-17-10-9-16-5-2/h14H,4-10H2,1-3H3,(H2,13,15). The van der Waals surface area contributed by atoms with Crippen LogP contribution in [0.3, 0.4) is 0 Å². The molecule has 5 nitrogen and oxygen atoms in total.